The van der Waals surface area contributed by atoms with Gasteiger partial charge in [-0.25, -0.2) is 0 Å². The van der Waals surface area contributed by atoms with Crippen molar-refractivity contribution in [3.05, 3.63) is 23.8 Å². The number of fused-ring (bicyclic) bond motifs is 1. The van der Waals surface area contributed by atoms with Crippen molar-refractivity contribution in [2.75, 3.05) is 26.9 Å². The number of hydrogen-bond acceptors (Lipinski definition) is 4. The maximum Gasteiger partial charge on any atom is 0.227 e. The van der Waals surface area contributed by atoms with E-state index in [1.807, 2.05) is 18.2 Å². The van der Waals surface area contributed by atoms with Crippen LogP contribution in [0.4, 0.5) is 0 Å². The van der Waals surface area contributed by atoms with E-state index in [-0.39, 0.29) is 11.2 Å². The van der Waals surface area contributed by atoms with Gasteiger partial charge in [0.15, 0.2) is 11.5 Å². The summed E-state index contributed by atoms with van der Waals surface area (Å²) in [4.78, 5) is 11.3. The summed E-state index contributed by atoms with van der Waals surface area (Å²) in [6.45, 7) is 1.43. The van der Waals surface area contributed by atoms with Gasteiger partial charge in [-0.05, 0) is 35.7 Å². The highest BCUT2D eigenvalue weighted by Crippen LogP contribution is 2.31. The Labute approximate surface area is 111 Å². The van der Waals surface area contributed by atoms with Gasteiger partial charge < -0.3 is 14.2 Å². The fraction of sp³-hybridized carbons (Fsp3) is 0.462. The molecule has 1 aromatic carbocycles. The van der Waals surface area contributed by atoms with Gasteiger partial charge in [-0.2, -0.15) is 0 Å². The lowest BCUT2D eigenvalue weighted by molar-refractivity contribution is -0.116. The van der Waals surface area contributed by atoms with Crippen molar-refractivity contribution >= 4 is 16.8 Å². The van der Waals surface area contributed by atoms with Gasteiger partial charge in [0, 0.05) is 7.11 Å². The topological polar surface area (TPSA) is 44.8 Å². The fourth-order valence-corrected chi connectivity index (χ4v) is 2.05. The number of carbonyl (C=O) groups is 1. The van der Waals surface area contributed by atoms with E-state index in [9.17, 15) is 4.79 Å². The molecule has 1 atom stereocenters. The molecule has 0 bridgehead atoms. The molecule has 0 spiro atoms. The Morgan fingerprint density at radius 3 is 2.78 bits per heavy atom. The van der Waals surface area contributed by atoms with E-state index in [0.717, 1.165) is 17.1 Å². The first-order chi connectivity index (χ1) is 8.70. The van der Waals surface area contributed by atoms with E-state index in [0.29, 0.717) is 26.2 Å². The van der Waals surface area contributed by atoms with Crippen molar-refractivity contribution in [1.29, 1.82) is 0 Å². The molecular formula is C13H15ClO4. The van der Waals surface area contributed by atoms with Crippen LogP contribution in [-0.2, 0) is 16.0 Å². The van der Waals surface area contributed by atoms with Crippen LogP contribution in [0.15, 0.2) is 18.2 Å². The third-order valence-corrected chi connectivity index (χ3v) is 3.09. The normalized spacial score (nSPS) is 15.2. The number of hydrogen-bond donors (Lipinski definition) is 0. The minimum atomic E-state index is -0.383. The highest BCUT2D eigenvalue weighted by atomic mass is 35.5. The minimum absolute atomic E-state index is 0.316. The molecule has 5 heteroatoms. The smallest absolute Gasteiger partial charge is 0.227 e. The zero-order chi connectivity index (χ0) is 13.0. The lowest BCUT2D eigenvalue weighted by atomic mass is 10.0. The number of methoxy groups -OCH3 is 1. The van der Waals surface area contributed by atoms with Crippen LogP contribution >= 0.6 is 11.6 Å². The molecule has 98 valence electrons. The Balaban J connectivity index is 2.11. The summed E-state index contributed by atoms with van der Waals surface area (Å²) in [5.41, 5.74) is 0.982. The van der Waals surface area contributed by atoms with Gasteiger partial charge in [0.1, 0.15) is 13.2 Å². The molecule has 1 aliphatic heterocycles. The molecule has 1 heterocycles. The summed E-state index contributed by atoms with van der Waals surface area (Å²) in [5, 5.41) is -0.383. The van der Waals surface area contributed by atoms with Gasteiger partial charge in [0.05, 0.1) is 12.5 Å². The lowest BCUT2D eigenvalue weighted by Crippen LogP contribution is -2.19. The summed E-state index contributed by atoms with van der Waals surface area (Å²) in [6, 6.07) is 5.65. The predicted molar refractivity (Wildman–Crippen MR) is 67.4 cm³/mol. The Morgan fingerprint density at radius 2 is 2.11 bits per heavy atom. The van der Waals surface area contributed by atoms with Gasteiger partial charge in [-0.1, -0.05) is 6.07 Å². The molecule has 0 radical (unpaired) electrons. The quantitative estimate of drug-likeness (QED) is 0.768. The van der Waals surface area contributed by atoms with Crippen molar-refractivity contribution in [3.8, 4) is 11.5 Å². The molecular weight excluding hydrogens is 256 g/mol. The van der Waals surface area contributed by atoms with E-state index >= 15 is 0 Å². The fourth-order valence-electron chi connectivity index (χ4n) is 1.91. The molecule has 4 nitrogen and oxygen atoms in total. The highest BCUT2D eigenvalue weighted by molar-refractivity contribution is 6.64. The summed E-state index contributed by atoms with van der Waals surface area (Å²) >= 11 is 5.54. The molecule has 1 aliphatic rings. The van der Waals surface area contributed by atoms with E-state index < -0.39 is 0 Å². The predicted octanol–water partition coefficient (Wildman–Crippen LogP) is 2.03. The second-order valence-corrected chi connectivity index (χ2v) is 4.51. The van der Waals surface area contributed by atoms with Gasteiger partial charge >= 0.3 is 0 Å². The Morgan fingerprint density at radius 1 is 1.39 bits per heavy atom. The Kier molecular flexibility index (Phi) is 4.44. The van der Waals surface area contributed by atoms with Gasteiger partial charge in [-0.3, -0.25) is 4.79 Å². The molecule has 0 saturated carbocycles. The van der Waals surface area contributed by atoms with Crippen LogP contribution in [0, 0.1) is 5.92 Å². The highest BCUT2D eigenvalue weighted by Gasteiger charge is 2.18. The van der Waals surface area contributed by atoms with Gasteiger partial charge in [0.25, 0.3) is 0 Å². The average molecular weight is 271 g/mol. The number of ether oxygens (including phenoxy) is 3. The van der Waals surface area contributed by atoms with E-state index in [1.165, 1.54) is 0 Å². The number of halogens is 1. The molecule has 1 unspecified atom stereocenters. The van der Waals surface area contributed by atoms with Crippen LogP contribution in [0.25, 0.3) is 0 Å². The SMILES string of the molecule is COCC(Cc1ccc2c(c1)OCCO2)C(=O)Cl. The monoisotopic (exact) mass is 270 g/mol. The molecule has 0 fully saturated rings. The number of benzene rings is 1. The first kappa shape index (κ1) is 13.2. The summed E-state index contributed by atoms with van der Waals surface area (Å²) in [6.07, 6.45) is 0.535. The number of carbonyl (C=O) groups excluding carboxylic acids is 1. The number of rotatable bonds is 5. The summed E-state index contributed by atoms with van der Waals surface area (Å²) in [5.74, 6) is 1.13. The van der Waals surface area contributed by atoms with E-state index in [1.54, 1.807) is 7.11 Å². The summed E-state index contributed by atoms with van der Waals surface area (Å²) < 4.78 is 15.9. The first-order valence-electron chi connectivity index (χ1n) is 5.77. The lowest BCUT2D eigenvalue weighted by Gasteiger charge is -2.19. The minimum Gasteiger partial charge on any atom is -0.486 e. The zero-order valence-corrected chi connectivity index (χ0v) is 10.9. The van der Waals surface area contributed by atoms with Crippen LogP contribution in [-0.4, -0.2) is 32.2 Å². The van der Waals surface area contributed by atoms with Crippen molar-refractivity contribution < 1.29 is 19.0 Å². The standard InChI is InChI=1S/C13H15ClO4/c1-16-8-10(13(14)15)6-9-2-3-11-12(7-9)18-5-4-17-11/h2-3,7,10H,4-6,8H2,1H3. The molecule has 0 aliphatic carbocycles. The molecule has 1 aromatic rings. The Bertz CT molecular complexity index is 433. The van der Waals surface area contributed by atoms with Crippen LogP contribution in [0.1, 0.15) is 5.56 Å². The second-order valence-electron chi connectivity index (χ2n) is 4.14. The first-order valence-corrected chi connectivity index (χ1v) is 6.15. The molecule has 0 saturated heterocycles. The summed E-state index contributed by atoms with van der Waals surface area (Å²) in [7, 11) is 1.55. The second kappa shape index (κ2) is 6.07. The molecule has 0 aromatic heterocycles. The van der Waals surface area contributed by atoms with Crippen LogP contribution in [0.3, 0.4) is 0 Å². The average Bonchev–Trinajstić information content (AvgIpc) is 2.38. The molecule has 0 N–H and O–H groups in total. The van der Waals surface area contributed by atoms with Gasteiger partial charge in [-0.15, -0.1) is 0 Å². The van der Waals surface area contributed by atoms with Gasteiger partial charge in [0.2, 0.25) is 5.24 Å². The van der Waals surface area contributed by atoms with Crippen molar-refractivity contribution in [3.63, 3.8) is 0 Å². The van der Waals surface area contributed by atoms with Crippen LogP contribution in [0.2, 0.25) is 0 Å². The maximum atomic E-state index is 11.3. The van der Waals surface area contributed by atoms with E-state index in [4.69, 9.17) is 25.8 Å². The molecule has 18 heavy (non-hydrogen) atoms. The largest absolute Gasteiger partial charge is 0.486 e. The van der Waals surface area contributed by atoms with Crippen molar-refractivity contribution in [2.24, 2.45) is 5.92 Å². The van der Waals surface area contributed by atoms with Crippen molar-refractivity contribution in [1.82, 2.24) is 0 Å². The Hall–Kier alpha value is -1.26. The molecule has 2 rings (SSSR count). The third kappa shape index (κ3) is 3.15. The maximum absolute atomic E-state index is 11.3. The van der Waals surface area contributed by atoms with Crippen molar-refractivity contribution in [2.45, 2.75) is 6.42 Å². The van der Waals surface area contributed by atoms with Crippen LogP contribution < -0.4 is 9.47 Å². The third-order valence-electron chi connectivity index (χ3n) is 2.78. The van der Waals surface area contributed by atoms with Crippen LogP contribution in [0.5, 0.6) is 11.5 Å². The van der Waals surface area contributed by atoms with E-state index in [2.05, 4.69) is 0 Å². The molecule has 0 amide bonds. The zero-order valence-electron chi connectivity index (χ0n) is 10.1.